The predicted octanol–water partition coefficient (Wildman–Crippen LogP) is 3.98. The van der Waals surface area contributed by atoms with Crippen LogP contribution in [0.15, 0.2) is 36.8 Å². The second-order valence-corrected chi connectivity index (χ2v) is 9.20. The third-order valence-electron chi connectivity index (χ3n) is 7.04. The van der Waals surface area contributed by atoms with E-state index in [0.717, 1.165) is 68.1 Å². The lowest BCUT2D eigenvalue weighted by molar-refractivity contribution is -0.100. The van der Waals surface area contributed by atoms with Crippen LogP contribution >= 0.6 is 0 Å². The van der Waals surface area contributed by atoms with Crippen LogP contribution in [-0.4, -0.2) is 29.9 Å². The zero-order valence-electron chi connectivity index (χ0n) is 16.6. The fourth-order valence-electron chi connectivity index (χ4n) is 5.64. The fourth-order valence-corrected chi connectivity index (χ4v) is 5.64. The molecule has 1 atom stereocenters. The van der Waals surface area contributed by atoms with E-state index >= 15 is 0 Å². The van der Waals surface area contributed by atoms with Crippen molar-refractivity contribution in [3.63, 3.8) is 0 Å². The molecule has 3 aliphatic carbocycles. The van der Waals surface area contributed by atoms with E-state index in [1.54, 1.807) is 12.1 Å². The summed E-state index contributed by atoms with van der Waals surface area (Å²) in [5, 5.41) is 8.44. The molecule has 7 heteroatoms. The Labute approximate surface area is 169 Å². The third kappa shape index (κ3) is 2.63. The Morgan fingerprint density at radius 3 is 2.66 bits per heavy atom. The Morgan fingerprint density at radius 1 is 1.14 bits per heavy atom. The number of anilines is 1. The molecular weight excluding hydrogens is 367 g/mol. The van der Waals surface area contributed by atoms with Gasteiger partial charge in [0.2, 0.25) is 5.95 Å². The van der Waals surface area contributed by atoms with E-state index < -0.39 is 0 Å². The number of hydrogen-bond acceptors (Lipinski definition) is 4. The number of nitrogens with zero attached hydrogens (tertiary/aromatic N) is 5. The molecule has 3 aromatic rings. The van der Waals surface area contributed by atoms with Crippen molar-refractivity contribution in [2.75, 3.05) is 5.32 Å². The number of hydrogen-bond donors (Lipinski definition) is 1. The van der Waals surface area contributed by atoms with Crippen LogP contribution in [0.2, 0.25) is 0 Å². The Bertz CT molecular complexity index is 1050. The number of fused-ring (bicyclic) bond motifs is 1. The van der Waals surface area contributed by atoms with Crippen molar-refractivity contribution in [2.24, 2.45) is 0 Å². The molecule has 3 saturated carbocycles. The zero-order valence-corrected chi connectivity index (χ0v) is 16.6. The van der Waals surface area contributed by atoms with Gasteiger partial charge in [-0.25, -0.2) is 14.1 Å². The molecule has 2 aromatic heterocycles. The number of nitrogens with one attached hydrogen (secondary N) is 1. The number of imidazole rings is 1. The predicted molar refractivity (Wildman–Crippen MR) is 107 cm³/mol. The summed E-state index contributed by atoms with van der Waals surface area (Å²) in [5.41, 5.74) is 2.55. The van der Waals surface area contributed by atoms with Gasteiger partial charge in [0.15, 0.2) is 0 Å². The van der Waals surface area contributed by atoms with E-state index in [9.17, 15) is 4.39 Å². The fraction of sp³-hybridized carbons (Fsp3) is 0.500. The van der Waals surface area contributed by atoms with Gasteiger partial charge in [-0.2, -0.15) is 4.98 Å². The monoisotopic (exact) mass is 392 g/mol. The van der Waals surface area contributed by atoms with Gasteiger partial charge in [-0.3, -0.25) is 0 Å². The summed E-state index contributed by atoms with van der Waals surface area (Å²) in [6.07, 6.45) is 10.7. The van der Waals surface area contributed by atoms with Crippen LogP contribution in [0.5, 0.6) is 0 Å². The maximum atomic E-state index is 13.4. The first kappa shape index (κ1) is 17.2. The molecule has 6 nitrogen and oxygen atoms in total. The van der Waals surface area contributed by atoms with E-state index in [0.29, 0.717) is 0 Å². The van der Waals surface area contributed by atoms with Crippen molar-refractivity contribution in [1.29, 1.82) is 0 Å². The van der Waals surface area contributed by atoms with Crippen LogP contribution in [0.1, 0.15) is 61.5 Å². The number of halogens is 1. The van der Waals surface area contributed by atoms with E-state index in [1.807, 2.05) is 25.4 Å². The standard InChI is InChI=1S/C22H25FN6/c1-15-10-28(14-24-15)22-11-21(12-22,13-22)26-20-25-19-18(4-2-3-9-29(19)27-20)16-5-7-17(23)8-6-16/h5-8,10,14,18H,2-4,9,11-13H2,1H3,(H,26,27)/t18-,21?,22?/m1/s1. The van der Waals surface area contributed by atoms with Crippen LogP contribution in [-0.2, 0) is 12.1 Å². The molecule has 1 N–H and O–H groups in total. The quantitative estimate of drug-likeness (QED) is 0.730. The molecule has 7 rings (SSSR count). The highest BCUT2D eigenvalue weighted by atomic mass is 19.1. The highest BCUT2D eigenvalue weighted by Crippen LogP contribution is 2.66. The first-order valence-corrected chi connectivity index (χ1v) is 10.5. The molecule has 0 radical (unpaired) electrons. The second kappa shape index (κ2) is 5.90. The van der Waals surface area contributed by atoms with Gasteiger partial charge in [0.1, 0.15) is 11.6 Å². The summed E-state index contributed by atoms with van der Waals surface area (Å²) in [6, 6.07) is 6.85. The Balaban J connectivity index is 1.22. The van der Waals surface area contributed by atoms with Gasteiger partial charge in [0.05, 0.1) is 17.6 Å². The second-order valence-electron chi connectivity index (χ2n) is 9.20. The average molecular weight is 392 g/mol. The Morgan fingerprint density at radius 2 is 1.93 bits per heavy atom. The molecule has 1 aromatic carbocycles. The van der Waals surface area contributed by atoms with Crippen molar-refractivity contribution < 1.29 is 4.39 Å². The summed E-state index contributed by atoms with van der Waals surface area (Å²) in [5.74, 6) is 1.72. The molecule has 150 valence electrons. The van der Waals surface area contributed by atoms with Crippen molar-refractivity contribution in [2.45, 2.75) is 69.0 Å². The van der Waals surface area contributed by atoms with Gasteiger partial charge >= 0.3 is 0 Å². The van der Waals surface area contributed by atoms with Crippen molar-refractivity contribution >= 4 is 5.95 Å². The van der Waals surface area contributed by atoms with E-state index in [1.165, 1.54) is 0 Å². The van der Waals surface area contributed by atoms with Crippen molar-refractivity contribution in [3.8, 4) is 0 Å². The molecule has 0 unspecified atom stereocenters. The Kier molecular flexibility index (Phi) is 3.50. The summed E-state index contributed by atoms with van der Waals surface area (Å²) >= 11 is 0. The normalized spacial score (nSPS) is 30.1. The SMILES string of the molecule is Cc1cn(C23CC(Nc4nc5n(n4)CCCC[C@@H]5c4ccc(F)cc4)(C2)C3)cn1. The van der Waals surface area contributed by atoms with E-state index in [-0.39, 0.29) is 22.8 Å². The Hall–Kier alpha value is -2.70. The molecule has 29 heavy (non-hydrogen) atoms. The van der Waals surface area contributed by atoms with Crippen molar-refractivity contribution in [3.05, 3.63) is 59.7 Å². The topological polar surface area (TPSA) is 60.6 Å². The molecule has 1 aliphatic heterocycles. The largest absolute Gasteiger partial charge is 0.347 e. The maximum Gasteiger partial charge on any atom is 0.242 e. The molecule has 4 aliphatic rings. The van der Waals surface area contributed by atoms with Crippen molar-refractivity contribution in [1.82, 2.24) is 24.3 Å². The van der Waals surface area contributed by atoms with E-state index in [2.05, 4.69) is 25.7 Å². The smallest absolute Gasteiger partial charge is 0.242 e. The molecule has 3 heterocycles. The van der Waals surface area contributed by atoms with E-state index in [4.69, 9.17) is 10.1 Å². The maximum absolute atomic E-state index is 13.4. The highest BCUT2D eigenvalue weighted by Gasteiger charge is 2.69. The summed E-state index contributed by atoms with van der Waals surface area (Å²) in [7, 11) is 0. The summed E-state index contributed by atoms with van der Waals surface area (Å²) in [6.45, 7) is 2.93. The molecular formula is C22H25FN6. The lowest BCUT2D eigenvalue weighted by Gasteiger charge is -2.70. The molecule has 0 saturated heterocycles. The molecule has 2 bridgehead atoms. The molecule has 0 amide bonds. The van der Waals surface area contributed by atoms with Gasteiger partial charge in [-0.1, -0.05) is 18.6 Å². The zero-order chi connectivity index (χ0) is 19.6. The number of rotatable bonds is 4. The van der Waals surface area contributed by atoms with Gasteiger partial charge in [-0.15, -0.1) is 5.10 Å². The highest BCUT2D eigenvalue weighted by molar-refractivity contribution is 5.42. The van der Waals surface area contributed by atoms with Crippen LogP contribution < -0.4 is 5.32 Å². The third-order valence-corrected chi connectivity index (χ3v) is 7.04. The lowest BCUT2D eigenvalue weighted by atomic mass is 9.44. The van der Waals surface area contributed by atoms with Gasteiger partial charge in [-0.05, 0) is 56.7 Å². The molecule has 0 spiro atoms. The average Bonchev–Trinajstić information content (AvgIpc) is 3.19. The van der Waals surface area contributed by atoms with Gasteiger partial charge < -0.3 is 9.88 Å². The number of aromatic nitrogens is 5. The number of benzene rings is 1. The van der Waals surface area contributed by atoms with Crippen LogP contribution in [0, 0.1) is 12.7 Å². The first-order chi connectivity index (χ1) is 14.0. The van der Waals surface area contributed by atoms with Gasteiger partial charge in [0, 0.05) is 24.2 Å². The number of aryl methyl sites for hydroxylation is 2. The van der Waals surface area contributed by atoms with Gasteiger partial charge in [0.25, 0.3) is 0 Å². The summed E-state index contributed by atoms with van der Waals surface area (Å²) in [4.78, 5) is 9.29. The minimum absolute atomic E-state index is 0.122. The van der Waals surface area contributed by atoms with Crippen LogP contribution in [0.3, 0.4) is 0 Å². The minimum atomic E-state index is -0.197. The minimum Gasteiger partial charge on any atom is -0.347 e. The summed E-state index contributed by atoms with van der Waals surface area (Å²) < 4.78 is 17.7. The first-order valence-electron chi connectivity index (χ1n) is 10.5. The van der Waals surface area contributed by atoms with Crippen LogP contribution in [0.4, 0.5) is 10.3 Å². The van der Waals surface area contributed by atoms with Crippen LogP contribution in [0.25, 0.3) is 0 Å². The molecule has 3 fully saturated rings. The lowest BCUT2D eigenvalue weighted by Crippen LogP contribution is -2.75.